The summed E-state index contributed by atoms with van der Waals surface area (Å²) in [5.41, 5.74) is 1.19. The first-order valence-corrected chi connectivity index (χ1v) is 19.4. The summed E-state index contributed by atoms with van der Waals surface area (Å²) in [7, 11) is 0. The van der Waals surface area contributed by atoms with Crippen molar-refractivity contribution in [2.24, 2.45) is 22.7 Å². The highest BCUT2D eigenvalue weighted by Gasteiger charge is 2.24. The highest BCUT2D eigenvalue weighted by atomic mass is 127. The van der Waals surface area contributed by atoms with E-state index in [1.165, 1.54) is 9.28 Å². The summed E-state index contributed by atoms with van der Waals surface area (Å²) >= 11 is 7.88. The van der Waals surface area contributed by atoms with Gasteiger partial charge in [0, 0.05) is 113 Å². The van der Waals surface area contributed by atoms with Crippen molar-refractivity contribution in [3.63, 3.8) is 0 Å². The molecule has 0 spiro atoms. The Balaban J connectivity index is 0.000000254. The molecule has 6 heterocycles. The molecule has 13 nitrogen and oxygen atoms in total. The molecule has 2 amide bonds. The molecule has 0 N–H and O–H groups in total. The number of hydrogen-bond acceptors (Lipinski definition) is 10. The minimum atomic E-state index is 0. The molecule has 2 fully saturated rings. The van der Waals surface area contributed by atoms with Gasteiger partial charge in [0.25, 0.3) is 0 Å². The molecule has 292 valence electrons. The van der Waals surface area contributed by atoms with Crippen molar-refractivity contribution in [1.82, 2.24) is 39.5 Å². The lowest BCUT2D eigenvalue weighted by Gasteiger charge is -2.36. The van der Waals surface area contributed by atoms with Gasteiger partial charge in [-0.1, -0.05) is 60.6 Å². The minimum Gasteiger partial charge on any atom is -0.352 e. The summed E-state index contributed by atoms with van der Waals surface area (Å²) in [6, 6.07) is 0.480. The van der Waals surface area contributed by atoms with Crippen molar-refractivity contribution in [3.8, 4) is 0 Å². The van der Waals surface area contributed by atoms with Gasteiger partial charge in [0.05, 0.1) is 22.2 Å². The molecule has 0 aliphatic carbocycles. The fraction of sp³-hybridized carbons (Fsp3) is 0.579. The van der Waals surface area contributed by atoms with Crippen LogP contribution in [0.1, 0.15) is 75.3 Å². The fourth-order valence-electron chi connectivity index (χ4n) is 5.33. The Hall–Kier alpha value is -3.66. The van der Waals surface area contributed by atoms with Gasteiger partial charge in [-0.3, -0.25) is 24.2 Å². The van der Waals surface area contributed by atoms with Crippen molar-refractivity contribution in [2.45, 2.75) is 75.3 Å². The second-order valence-corrected chi connectivity index (χ2v) is 15.4. The van der Waals surface area contributed by atoms with E-state index in [0.29, 0.717) is 17.1 Å². The minimum absolute atomic E-state index is 0. The SMILES string of the molecule is C.CC(C)C(=O)N1CCN(c2cnccn2)CC1.CC(C)C(=O)N1CCN(c2cnccn2)CC1.CC(C)C1=NC(Cl)=CC1.CC(C)n1cc(I)cn1. The largest absolute Gasteiger partial charge is 0.352 e. The van der Waals surface area contributed by atoms with Crippen molar-refractivity contribution >= 4 is 63.4 Å². The molecule has 3 aliphatic rings. The lowest BCUT2D eigenvalue weighted by atomic mass is 10.1. The molecule has 3 aromatic rings. The number of aromatic nitrogens is 6. The van der Waals surface area contributed by atoms with Crippen molar-refractivity contribution in [2.75, 3.05) is 62.2 Å². The average molecular weight is 864 g/mol. The summed E-state index contributed by atoms with van der Waals surface area (Å²) in [4.78, 5) is 52.6. The Bertz CT molecular complexity index is 1490. The molecule has 0 bridgehead atoms. The third kappa shape index (κ3) is 15.3. The molecule has 0 unspecified atom stereocenters. The van der Waals surface area contributed by atoms with Gasteiger partial charge >= 0.3 is 0 Å². The summed E-state index contributed by atoms with van der Waals surface area (Å²) in [5, 5.41) is 4.78. The molecule has 2 saturated heterocycles. The topological polar surface area (TPSA) is 129 Å². The molecular formula is C38H59ClIN11O2. The monoisotopic (exact) mass is 863 g/mol. The Labute approximate surface area is 335 Å². The molecule has 53 heavy (non-hydrogen) atoms. The van der Waals surface area contributed by atoms with E-state index in [0.717, 1.165) is 70.4 Å². The van der Waals surface area contributed by atoms with Gasteiger partial charge in [0.1, 0.15) is 16.8 Å². The van der Waals surface area contributed by atoms with Crippen LogP contribution >= 0.6 is 34.2 Å². The van der Waals surface area contributed by atoms with Gasteiger partial charge in [0.15, 0.2) is 0 Å². The second-order valence-electron chi connectivity index (χ2n) is 13.8. The maximum atomic E-state index is 11.8. The van der Waals surface area contributed by atoms with E-state index in [-0.39, 0.29) is 31.1 Å². The number of halogens is 2. The van der Waals surface area contributed by atoms with Gasteiger partial charge in [-0.15, -0.1) is 0 Å². The molecular weight excluding hydrogens is 805 g/mol. The first-order valence-electron chi connectivity index (χ1n) is 18.0. The highest BCUT2D eigenvalue weighted by Crippen LogP contribution is 2.18. The van der Waals surface area contributed by atoms with Gasteiger partial charge in [0.2, 0.25) is 11.8 Å². The van der Waals surface area contributed by atoms with E-state index >= 15 is 0 Å². The van der Waals surface area contributed by atoms with Crippen LogP contribution in [0.4, 0.5) is 11.6 Å². The molecule has 3 aliphatic heterocycles. The number of allylic oxidation sites excluding steroid dienone is 1. The number of carbonyl (C=O) groups excluding carboxylic acids is 2. The number of amides is 2. The number of anilines is 2. The Morgan fingerprint density at radius 1 is 0.698 bits per heavy atom. The zero-order chi connectivity index (χ0) is 38.2. The number of piperazine rings is 2. The number of hydrogen-bond donors (Lipinski definition) is 0. The molecule has 6 rings (SSSR count). The van der Waals surface area contributed by atoms with Crippen LogP contribution in [0.25, 0.3) is 0 Å². The first-order chi connectivity index (χ1) is 24.8. The number of carbonyl (C=O) groups is 2. The summed E-state index contributed by atoms with van der Waals surface area (Å²) in [6.07, 6.45) is 17.0. The average Bonchev–Trinajstić information content (AvgIpc) is 3.81. The van der Waals surface area contributed by atoms with Crippen LogP contribution in [0.15, 0.2) is 65.8 Å². The van der Waals surface area contributed by atoms with Crippen LogP contribution in [-0.4, -0.2) is 109 Å². The smallest absolute Gasteiger partial charge is 0.225 e. The van der Waals surface area contributed by atoms with Crippen molar-refractivity contribution in [3.05, 3.63) is 64.4 Å². The van der Waals surface area contributed by atoms with E-state index in [1.807, 2.05) is 60.6 Å². The third-order valence-corrected chi connectivity index (χ3v) is 9.21. The van der Waals surface area contributed by atoms with E-state index in [4.69, 9.17) is 11.6 Å². The van der Waals surface area contributed by atoms with E-state index in [1.54, 1.807) is 37.2 Å². The first kappa shape index (κ1) is 45.5. The molecule has 3 aromatic heterocycles. The van der Waals surface area contributed by atoms with Crippen molar-refractivity contribution < 1.29 is 9.59 Å². The highest BCUT2D eigenvalue weighted by molar-refractivity contribution is 14.1. The number of nitrogens with zero attached hydrogens (tertiary/aromatic N) is 11. The molecule has 0 saturated carbocycles. The van der Waals surface area contributed by atoms with Crippen LogP contribution in [0, 0.1) is 21.3 Å². The van der Waals surface area contributed by atoms with Crippen LogP contribution in [0.5, 0.6) is 0 Å². The molecule has 0 radical (unpaired) electrons. The van der Waals surface area contributed by atoms with E-state index in [2.05, 4.69) is 90.1 Å². The van der Waals surface area contributed by atoms with Gasteiger partial charge in [-0.2, -0.15) is 5.10 Å². The van der Waals surface area contributed by atoms with E-state index < -0.39 is 0 Å². The van der Waals surface area contributed by atoms with Gasteiger partial charge < -0.3 is 19.6 Å². The van der Waals surface area contributed by atoms with E-state index in [9.17, 15) is 9.59 Å². The van der Waals surface area contributed by atoms with Crippen LogP contribution in [-0.2, 0) is 9.59 Å². The summed E-state index contributed by atoms with van der Waals surface area (Å²) < 4.78 is 3.14. The number of rotatable bonds is 6. The zero-order valence-electron chi connectivity index (χ0n) is 31.9. The lowest BCUT2D eigenvalue weighted by molar-refractivity contribution is -0.135. The zero-order valence-corrected chi connectivity index (χ0v) is 34.8. The number of aliphatic imine (C=N–C) groups is 1. The Morgan fingerprint density at radius 2 is 1.15 bits per heavy atom. The standard InChI is InChI=1S/2C12H18N4O.C7H10ClN.C6H9IN2.CH4/c2*1-10(2)12(17)16-7-5-15(6-8-16)11-9-13-3-4-14-11;1-5(2)6-3-4-7(8)9-6;1-5(2)9-4-6(7)3-8-9;/h2*3-4,9-10H,5-8H2,1-2H3;4-5H,3H2,1-2H3;3-5H,1-2H3;1H4. The summed E-state index contributed by atoms with van der Waals surface area (Å²) in [6.45, 7) is 22.7. The molecule has 0 aromatic carbocycles. The predicted molar refractivity (Wildman–Crippen MR) is 224 cm³/mol. The van der Waals surface area contributed by atoms with Crippen molar-refractivity contribution in [1.29, 1.82) is 0 Å². The third-order valence-electron chi connectivity index (χ3n) is 8.41. The Kier molecular flexibility index (Phi) is 19.9. The summed E-state index contributed by atoms with van der Waals surface area (Å²) in [5.74, 6) is 2.97. The van der Waals surface area contributed by atoms with Crippen LogP contribution < -0.4 is 9.80 Å². The Morgan fingerprint density at radius 3 is 1.40 bits per heavy atom. The molecule has 15 heteroatoms. The van der Waals surface area contributed by atoms with Crippen LogP contribution in [0.3, 0.4) is 0 Å². The normalized spacial score (nSPS) is 15.4. The quantitative estimate of drug-likeness (QED) is 0.194. The lowest BCUT2D eigenvalue weighted by Crippen LogP contribution is -2.50. The maximum Gasteiger partial charge on any atom is 0.225 e. The fourth-order valence-corrected chi connectivity index (χ4v) is 5.93. The molecule has 0 atom stereocenters. The predicted octanol–water partition coefficient (Wildman–Crippen LogP) is 6.83. The second kappa shape index (κ2) is 23.2. The maximum absolute atomic E-state index is 11.8. The van der Waals surface area contributed by atoms with Gasteiger partial charge in [-0.05, 0) is 48.4 Å². The van der Waals surface area contributed by atoms with Crippen LogP contribution in [0.2, 0.25) is 0 Å². The van der Waals surface area contributed by atoms with Gasteiger partial charge in [-0.25, -0.2) is 15.0 Å².